The van der Waals surface area contributed by atoms with Crippen molar-refractivity contribution in [2.45, 2.75) is 12.5 Å². The molecule has 6 heteroatoms. The van der Waals surface area contributed by atoms with Gasteiger partial charge in [-0.3, -0.25) is 0 Å². The van der Waals surface area contributed by atoms with Gasteiger partial charge in [0.05, 0.1) is 6.10 Å². The third-order valence-corrected chi connectivity index (χ3v) is 3.57. The van der Waals surface area contributed by atoms with Crippen molar-refractivity contribution in [2.75, 3.05) is 11.9 Å². The van der Waals surface area contributed by atoms with Crippen LogP contribution in [0.2, 0.25) is 0 Å². The summed E-state index contributed by atoms with van der Waals surface area (Å²) in [6.07, 6.45) is 1.47. The summed E-state index contributed by atoms with van der Waals surface area (Å²) in [5.74, 6) is 2.15. The molecule has 0 saturated heterocycles. The van der Waals surface area contributed by atoms with E-state index in [1.807, 2.05) is 54.6 Å². The monoisotopic (exact) mass is 342 g/mol. The Kier molecular flexibility index (Phi) is 5.30. The third-order valence-electron chi connectivity index (χ3n) is 3.37. The number of anilines is 1. The minimum atomic E-state index is -0.586. The first kappa shape index (κ1) is 16.3. The van der Waals surface area contributed by atoms with Crippen molar-refractivity contribution < 1.29 is 14.3 Å². The van der Waals surface area contributed by atoms with Crippen LogP contribution in [0.15, 0.2) is 65.2 Å². The summed E-state index contributed by atoms with van der Waals surface area (Å²) < 4.78 is 11.0. The number of aliphatic hydroxyl groups is 1. The van der Waals surface area contributed by atoms with Gasteiger partial charge in [0.2, 0.25) is 0 Å². The topological polar surface area (TPSA) is 70.4 Å². The SMILES string of the molecule is OC(CNc1cccc(Oc2ccccc2)c1)Cc1c[nH]c(=S)o1. The molecule has 124 valence electrons. The lowest BCUT2D eigenvalue weighted by atomic mass is 10.2. The molecule has 3 N–H and O–H groups in total. The van der Waals surface area contributed by atoms with Gasteiger partial charge in [0.1, 0.15) is 17.3 Å². The lowest BCUT2D eigenvalue weighted by Gasteiger charge is -2.13. The Labute approximate surface area is 144 Å². The molecule has 0 bridgehead atoms. The fourth-order valence-corrected chi connectivity index (χ4v) is 2.42. The standard InChI is InChI=1S/C18H18N2O3S/c21-14(10-17-12-20-18(24)23-17)11-19-13-5-4-8-16(9-13)22-15-6-2-1-3-7-15/h1-9,12,14,19,21H,10-11H2,(H,20,24). The number of para-hydroxylation sites is 1. The Balaban J connectivity index is 1.55. The molecule has 1 heterocycles. The van der Waals surface area contributed by atoms with Crippen LogP contribution in [-0.4, -0.2) is 22.7 Å². The molecule has 5 nitrogen and oxygen atoms in total. The molecule has 1 unspecified atom stereocenters. The number of benzene rings is 2. The van der Waals surface area contributed by atoms with Gasteiger partial charge in [0.25, 0.3) is 4.84 Å². The predicted octanol–water partition coefficient (Wildman–Crippen LogP) is 4.14. The predicted molar refractivity (Wildman–Crippen MR) is 95.1 cm³/mol. The maximum atomic E-state index is 10.1. The zero-order chi connectivity index (χ0) is 16.8. The molecular formula is C18H18N2O3S. The quantitative estimate of drug-likeness (QED) is 0.563. The van der Waals surface area contributed by atoms with Crippen molar-refractivity contribution in [1.29, 1.82) is 0 Å². The number of rotatable bonds is 7. The third kappa shape index (κ3) is 4.71. The normalized spacial score (nSPS) is 11.9. The summed E-state index contributed by atoms with van der Waals surface area (Å²) in [6.45, 7) is 0.391. The highest BCUT2D eigenvalue weighted by Gasteiger charge is 2.08. The number of aromatic nitrogens is 1. The second kappa shape index (κ2) is 7.81. The molecule has 0 amide bonds. The van der Waals surface area contributed by atoms with Gasteiger partial charge < -0.3 is 24.6 Å². The van der Waals surface area contributed by atoms with E-state index < -0.39 is 6.10 Å². The average Bonchev–Trinajstić information content (AvgIpc) is 2.99. The van der Waals surface area contributed by atoms with Crippen molar-refractivity contribution >= 4 is 17.9 Å². The van der Waals surface area contributed by atoms with Gasteiger partial charge >= 0.3 is 0 Å². The van der Waals surface area contributed by atoms with E-state index in [0.717, 1.165) is 17.2 Å². The molecule has 3 aromatic rings. The zero-order valence-electron chi connectivity index (χ0n) is 12.9. The molecular weight excluding hydrogens is 324 g/mol. The number of nitrogens with one attached hydrogen (secondary N) is 2. The molecule has 0 spiro atoms. The number of aromatic amines is 1. The molecule has 0 aliphatic rings. The van der Waals surface area contributed by atoms with Crippen LogP contribution in [0.3, 0.4) is 0 Å². The van der Waals surface area contributed by atoms with E-state index in [0.29, 0.717) is 23.6 Å². The van der Waals surface area contributed by atoms with Gasteiger partial charge in [0, 0.05) is 30.9 Å². The first-order chi connectivity index (χ1) is 11.7. The molecule has 0 aliphatic heterocycles. The van der Waals surface area contributed by atoms with E-state index in [2.05, 4.69) is 10.3 Å². The highest BCUT2D eigenvalue weighted by Crippen LogP contribution is 2.23. The summed E-state index contributed by atoms with van der Waals surface area (Å²) in [4.78, 5) is 3.09. The number of hydrogen-bond acceptors (Lipinski definition) is 5. The van der Waals surface area contributed by atoms with Crippen LogP contribution >= 0.6 is 12.2 Å². The summed E-state index contributed by atoms with van der Waals surface area (Å²) in [5.41, 5.74) is 0.873. The average molecular weight is 342 g/mol. The lowest BCUT2D eigenvalue weighted by Crippen LogP contribution is -2.21. The van der Waals surface area contributed by atoms with E-state index in [4.69, 9.17) is 21.4 Å². The van der Waals surface area contributed by atoms with E-state index in [1.165, 1.54) is 0 Å². The van der Waals surface area contributed by atoms with Gasteiger partial charge in [-0.15, -0.1) is 0 Å². The van der Waals surface area contributed by atoms with E-state index >= 15 is 0 Å². The first-order valence-corrected chi connectivity index (χ1v) is 8.02. The van der Waals surface area contributed by atoms with Crippen molar-refractivity contribution in [3.05, 3.63) is 71.4 Å². The molecule has 0 aliphatic carbocycles. The van der Waals surface area contributed by atoms with Crippen LogP contribution in [0, 0.1) is 4.84 Å². The molecule has 3 rings (SSSR count). The summed E-state index contributed by atoms with van der Waals surface area (Å²) >= 11 is 4.86. The summed E-state index contributed by atoms with van der Waals surface area (Å²) in [7, 11) is 0. The van der Waals surface area contributed by atoms with E-state index in [1.54, 1.807) is 6.20 Å². The van der Waals surface area contributed by atoms with Crippen LogP contribution in [0.1, 0.15) is 5.76 Å². The molecule has 24 heavy (non-hydrogen) atoms. The molecule has 1 atom stereocenters. The fourth-order valence-electron chi connectivity index (χ4n) is 2.25. The van der Waals surface area contributed by atoms with Gasteiger partial charge in [-0.05, 0) is 36.5 Å². The van der Waals surface area contributed by atoms with Gasteiger partial charge in [0.15, 0.2) is 0 Å². The Morgan fingerprint density at radius 2 is 1.92 bits per heavy atom. The highest BCUT2D eigenvalue weighted by molar-refractivity contribution is 7.71. The number of aliphatic hydroxyl groups excluding tert-OH is 1. The summed E-state index contributed by atoms with van der Waals surface area (Å²) in [6, 6.07) is 17.2. The number of hydrogen-bond donors (Lipinski definition) is 3. The number of oxazole rings is 1. The van der Waals surface area contributed by atoms with Crippen molar-refractivity contribution in [3.8, 4) is 11.5 Å². The van der Waals surface area contributed by atoms with Gasteiger partial charge in [-0.2, -0.15) is 0 Å². The Hall–Kier alpha value is -2.57. The zero-order valence-corrected chi connectivity index (χ0v) is 13.8. The molecule has 2 aromatic carbocycles. The first-order valence-electron chi connectivity index (χ1n) is 7.61. The van der Waals surface area contributed by atoms with Crippen LogP contribution in [0.25, 0.3) is 0 Å². The Morgan fingerprint density at radius 1 is 1.12 bits per heavy atom. The Morgan fingerprint density at radius 3 is 2.67 bits per heavy atom. The lowest BCUT2D eigenvalue weighted by molar-refractivity contribution is 0.180. The molecule has 0 radical (unpaired) electrons. The van der Waals surface area contributed by atoms with Crippen LogP contribution < -0.4 is 10.1 Å². The van der Waals surface area contributed by atoms with Gasteiger partial charge in [-0.25, -0.2) is 0 Å². The smallest absolute Gasteiger partial charge is 0.266 e. The fraction of sp³-hybridized carbons (Fsp3) is 0.167. The van der Waals surface area contributed by atoms with Crippen LogP contribution in [0.5, 0.6) is 11.5 Å². The number of ether oxygens (including phenoxy) is 1. The van der Waals surface area contributed by atoms with E-state index in [9.17, 15) is 5.11 Å². The second-order valence-corrected chi connectivity index (χ2v) is 5.70. The number of H-pyrrole nitrogens is 1. The largest absolute Gasteiger partial charge is 0.457 e. The van der Waals surface area contributed by atoms with E-state index in [-0.39, 0.29) is 0 Å². The maximum Gasteiger partial charge on any atom is 0.266 e. The highest BCUT2D eigenvalue weighted by atomic mass is 32.1. The van der Waals surface area contributed by atoms with Crippen molar-refractivity contribution in [3.63, 3.8) is 0 Å². The molecule has 1 aromatic heterocycles. The minimum Gasteiger partial charge on any atom is -0.457 e. The summed E-state index contributed by atoms with van der Waals surface area (Å²) in [5, 5.41) is 13.3. The second-order valence-electron chi connectivity index (χ2n) is 5.33. The molecule has 0 fully saturated rings. The van der Waals surface area contributed by atoms with Crippen molar-refractivity contribution in [2.24, 2.45) is 0 Å². The minimum absolute atomic E-state index is 0.316. The maximum absolute atomic E-state index is 10.1. The van der Waals surface area contributed by atoms with Gasteiger partial charge in [-0.1, -0.05) is 24.3 Å². The molecule has 0 saturated carbocycles. The Bertz CT molecular complexity index is 829. The van der Waals surface area contributed by atoms with Crippen LogP contribution in [0.4, 0.5) is 5.69 Å². The van der Waals surface area contributed by atoms with Crippen molar-refractivity contribution in [1.82, 2.24) is 4.98 Å². The van der Waals surface area contributed by atoms with Crippen LogP contribution in [-0.2, 0) is 6.42 Å².